The van der Waals surface area contributed by atoms with Gasteiger partial charge in [0.25, 0.3) is 11.5 Å². The van der Waals surface area contributed by atoms with Crippen LogP contribution in [0, 0.1) is 13.8 Å². The highest BCUT2D eigenvalue weighted by Gasteiger charge is 2.32. The molecule has 1 aliphatic heterocycles. The van der Waals surface area contributed by atoms with Gasteiger partial charge in [-0.2, -0.15) is 9.40 Å². The third-order valence-corrected chi connectivity index (χ3v) is 7.43. The van der Waals surface area contributed by atoms with Crippen molar-refractivity contribution in [3.05, 3.63) is 69.6 Å². The fraction of sp³-hybridized carbons (Fsp3) is 0.286. The van der Waals surface area contributed by atoms with Crippen molar-refractivity contribution in [2.45, 2.75) is 18.7 Å². The number of aromatic amines is 1. The van der Waals surface area contributed by atoms with Gasteiger partial charge in [-0.05, 0) is 31.5 Å². The highest BCUT2D eigenvalue weighted by molar-refractivity contribution is 7.89. The zero-order valence-corrected chi connectivity index (χ0v) is 17.6. The van der Waals surface area contributed by atoms with E-state index in [0.717, 1.165) is 5.56 Å². The van der Waals surface area contributed by atoms with Crippen LogP contribution in [0.15, 0.2) is 52.2 Å². The highest BCUT2D eigenvalue weighted by atomic mass is 32.2. The van der Waals surface area contributed by atoms with Crippen molar-refractivity contribution in [1.82, 2.24) is 19.4 Å². The third kappa shape index (κ3) is 3.50. The number of hydrogen-bond acceptors (Lipinski definition) is 5. The van der Waals surface area contributed by atoms with Crippen LogP contribution in [0.4, 0.5) is 0 Å². The largest absolute Gasteiger partial charge is 0.335 e. The first-order valence-corrected chi connectivity index (χ1v) is 11.1. The molecule has 2 heterocycles. The number of aryl methyl sites for hydroxylation is 2. The molecule has 156 valence electrons. The van der Waals surface area contributed by atoms with Crippen molar-refractivity contribution >= 4 is 26.7 Å². The van der Waals surface area contributed by atoms with E-state index in [2.05, 4.69) is 10.2 Å². The normalized spacial score (nSPS) is 15.5. The molecule has 0 spiro atoms. The van der Waals surface area contributed by atoms with E-state index >= 15 is 0 Å². The molecule has 3 aromatic rings. The Balaban J connectivity index is 1.55. The maximum atomic E-state index is 13.0. The van der Waals surface area contributed by atoms with E-state index in [4.69, 9.17) is 0 Å². The number of sulfonamides is 1. The minimum atomic E-state index is -3.63. The minimum Gasteiger partial charge on any atom is -0.335 e. The molecule has 1 fully saturated rings. The SMILES string of the molecule is Cc1ccc(S(=O)(=O)N2CCN(C(=O)c3n[nH]c(=O)c4ccccc34)CC2)c(C)c1. The molecule has 9 heteroatoms. The van der Waals surface area contributed by atoms with Gasteiger partial charge in [0.05, 0.1) is 10.3 Å². The number of nitrogens with zero attached hydrogens (tertiary/aromatic N) is 3. The number of piperazine rings is 1. The van der Waals surface area contributed by atoms with Crippen molar-refractivity contribution in [2.75, 3.05) is 26.2 Å². The fourth-order valence-corrected chi connectivity index (χ4v) is 5.41. The second kappa shape index (κ2) is 7.66. The number of nitrogens with one attached hydrogen (secondary N) is 1. The average molecular weight is 426 g/mol. The summed E-state index contributed by atoms with van der Waals surface area (Å²) in [5.41, 5.74) is 1.52. The highest BCUT2D eigenvalue weighted by Crippen LogP contribution is 2.23. The van der Waals surface area contributed by atoms with Gasteiger partial charge >= 0.3 is 0 Å². The van der Waals surface area contributed by atoms with Gasteiger partial charge in [0.1, 0.15) is 0 Å². The van der Waals surface area contributed by atoms with E-state index in [-0.39, 0.29) is 43.3 Å². The summed E-state index contributed by atoms with van der Waals surface area (Å²) in [4.78, 5) is 26.8. The predicted octanol–water partition coefficient (Wildman–Crippen LogP) is 1.69. The second-order valence-electron chi connectivity index (χ2n) is 7.41. The topological polar surface area (TPSA) is 103 Å². The van der Waals surface area contributed by atoms with Crippen LogP contribution < -0.4 is 5.56 Å². The Labute approximate surface area is 174 Å². The third-order valence-electron chi connectivity index (χ3n) is 5.37. The van der Waals surface area contributed by atoms with Crippen molar-refractivity contribution < 1.29 is 13.2 Å². The summed E-state index contributed by atoms with van der Waals surface area (Å²) < 4.78 is 27.5. The Morgan fingerprint density at radius 3 is 2.33 bits per heavy atom. The first-order chi connectivity index (χ1) is 14.3. The molecule has 2 aromatic carbocycles. The van der Waals surface area contributed by atoms with Crippen LogP contribution in [0.25, 0.3) is 10.8 Å². The molecule has 1 aliphatic rings. The molecule has 1 N–H and O–H groups in total. The quantitative estimate of drug-likeness (QED) is 0.686. The van der Waals surface area contributed by atoms with Gasteiger partial charge in [0.15, 0.2) is 5.69 Å². The number of benzene rings is 2. The number of carbonyl (C=O) groups excluding carboxylic acids is 1. The first-order valence-electron chi connectivity index (χ1n) is 9.63. The number of amides is 1. The van der Waals surface area contributed by atoms with Gasteiger partial charge < -0.3 is 4.90 Å². The van der Waals surface area contributed by atoms with E-state index in [1.165, 1.54) is 4.31 Å². The summed E-state index contributed by atoms with van der Waals surface area (Å²) in [7, 11) is -3.63. The van der Waals surface area contributed by atoms with Crippen LogP contribution in [0.2, 0.25) is 0 Å². The molecule has 0 atom stereocenters. The number of carbonyl (C=O) groups is 1. The Morgan fingerprint density at radius 1 is 1.00 bits per heavy atom. The smallest absolute Gasteiger partial charge is 0.275 e. The maximum absolute atomic E-state index is 13.0. The van der Waals surface area contributed by atoms with E-state index in [0.29, 0.717) is 21.2 Å². The van der Waals surface area contributed by atoms with Gasteiger partial charge in [0, 0.05) is 31.6 Å². The average Bonchev–Trinajstić information content (AvgIpc) is 2.73. The van der Waals surface area contributed by atoms with Crippen LogP contribution in [0.1, 0.15) is 21.6 Å². The molecule has 0 unspecified atom stereocenters. The molecular weight excluding hydrogens is 404 g/mol. The van der Waals surface area contributed by atoms with Crippen molar-refractivity contribution in [2.24, 2.45) is 0 Å². The van der Waals surface area contributed by atoms with E-state index in [1.54, 1.807) is 48.2 Å². The summed E-state index contributed by atoms with van der Waals surface area (Å²) in [5, 5.41) is 7.20. The molecule has 8 nitrogen and oxygen atoms in total. The molecule has 1 aromatic heterocycles. The van der Waals surface area contributed by atoms with E-state index in [1.807, 2.05) is 13.0 Å². The number of fused-ring (bicyclic) bond motifs is 1. The summed E-state index contributed by atoms with van der Waals surface area (Å²) in [5.74, 6) is -0.328. The van der Waals surface area contributed by atoms with Crippen molar-refractivity contribution in [3.8, 4) is 0 Å². The lowest BCUT2D eigenvalue weighted by Crippen LogP contribution is -2.50. The number of rotatable bonds is 3. The van der Waals surface area contributed by atoms with Gasteiger partial charge in [-0.25, -0.2) is 13.5 Å². The zero-order chi connectivity index (χ0) is 21.5. The lowest BCUT2D eigenvalue weighted by atomic mass is 10.1. The lowest BCUT2D eigenvalue weighted by molar-refractivity contribution is 0.0693. The first kappa shape index (κ1) is 20.2. The van der Waals surface area contributed by atoms with Crippen LogP contribution in [0.5, 0.6) is 0 Å². The van der Waals surface area contributed by atoms with E-state index < -0.39 is 10.0 Å². The minimum absolute atomic E-state index is 0.163. The number of aromatic nitrogens is 2. The van der Waals surface area contributed by atoms with Crippen LogP contribution in [-0.4, -0.2) is 59.9 Å². The predicted molar refractivity (Wildman–Crippen MR) is 113 cm³/mol. The number of H-pyrrole nitrogens is 1. The molecule has 30 heavy (non-hydrogen) atoms. The Morgan fingerprint density at radius 2 is 1.67 bits per heavy atom. The molecule has 4 rings (SSSR count). The Hall–Kier alpha value is -3.04. The molecule has 0 aliphatic carbocycles. The van der Waals surface area contributed by atoms with Crippen LogP contribution >= 0.6 is 0 Å². The van der Waals surface area contributed by atoms with Crippen molar-refractivity contribution in [3.63, 3.8) is 0 Å². The maximum Gasteiger partial charge on any atom is 0.275 e. The number of hydrogen-bond donors (Lipinski definition) is 1. The standard InChI is InChI=1S/C21H22N4O4S/c1-14-7-8-18(15(2)13-14)30(28,29)25-11-9-24(10-12-25)21(27)19-16-5-3-4-6-17(16)20(26)23-22-19/h3-8,13H,9-12H2,1-2H3,(H,23,26). The summed E-state index contributed by atoms with van der Waals surface area (Å²) in [6.45, 7) is 4.59. The summed E-state index contributed by atoms with van der Waals surface area (Å²) in [6, 6.07) is 12.1. The van der Waals surface area contributed by atoms with Crippen LogP contribution in [0.3, 0.4) is 0 Å². The Kier molecular flexibility index (Phi) is 5.17. The molecule has 0 saturated carbocycles. The van der Waals surface area contributed by atoms with Crippen LogP contribution in [-0.2, 0) is 10.0 Å². The molecule has 0 radical (unpaired) electrons. The zero-order valence-electron chi connectivity index (χ0n) is 16.8. The van der Waals surface area contributed by atoms with Crippen molar-refractivity contribution in [1.29, 1.82) is 0 Å². The monoisotopic (exact) mass is 426 g/mol. The van der Waals surface area contributed by atoms with Gasteiger partial charge in [0.2, 0.25) is 10.0 Å². The second-order valence-corrected chi connectivity index (χ2v) is 9.32. The Bertz CT molecular complexity index is 1290. The fourth-order valence-electron chi connectivity index (χ4n) is 3.79. The molecular formula is C21H22N4O4S. The molecule has 0 bridgehead atoms. The van der Waals surface area contributed by atoms with Gasteiger partial charge in [-0.3, -0.25) is 9.59 Å². The van der Waals surface area contributed by atoms with Gasteiger partial charge in [-0.15, -0.1) is 0 Å². The van der Waals surface area contributed by atoms with E-state index in [9.17, 15) is 18.0 Å². The van der Waals surface area contributed by atoms with Gasteiger partial charge in [-0.1, -0.05) is 35.9 Å². The lowest BCUT2D eigenvalue weighted by Gasteiger charge is -2.34. The summed E-state index contributed by atoms with van der Waals surface area (Å²) in [6.07, 6.45) is 0. The molecule has 1 amide bonds. The summed E-state index contributed by atoms with van der Waals surface area (Å²) >= 11 is 0. The molecule has 1 saturated heterocycles.